The van der Waals surface area contributed by atoms with Gasteiger partial charge in [0, 0.05) is 19.2 Å². The maximum atomic E-state index is 13.1. The second-order valence-electron chi connectivity index (χ2n) is 3.18. The van der Waals surface area contributed by atoms with Gasteiger partial charge >= 0.3 is 8.80 Å². The van der Waals surface area contributed by atoms with Crippen LogP contribution in [-0.2, 0) is 10.8 Å². The summed E-state index contributed by atoms with van der Waals surface area (Å²) in [5, 5.41) is 0. The molecular formula is C9H12F2O3Si. The molecule has 0 aliphatic rings. The summed E-state index contributed by atoms with van der Waals surface area (Å²) in [6.45, 7) is 0. The predicted molar refractivity (Wildman–Crippen MR) is 52.1 cm³/mol. The maximum absolute atomic E-state index is 13.1. The minimum atomic E-state index is -3.66. The Labute approximate surface area is 87.3 Å². The van der Waals surface area contributed by atoms with Gasteiger partial charge in [0.05, 0.1) is 0 Å². The van der Waals surface area contributed by atoms with Gasteiger partial charge < -0.3 is 14.0 Å². The van der Waals surface area contributed by atoms with Gasteiger partial charge in [-0.15, -0.1) is 0 Å². The van der Waals surface area contributed by atoms with Crippen molar-refractivity contribution in [2.45, 2.75) is 12.5 Å². The average Bonchev–Trinajstić information content (AvgIpc) is 2.16. The summed E-state index contributed by atoms with van der Waals surface area (Å²) in [6.07, 6.45) is 0.110. The Bertz CT molecular complexity index is 344. The Hall–Kier alpha value is -0.823. The molecule has 1 rings (SSSR count). The Morgan fingerprint density at radius 2 is 2.00 bits per heavy atom. The van der Waals surface area contributed by atoms with Crippen LogP contribution in [0, 0.1) is 11.6 Å². The molecule has 0 aliphatic heterocycles. The summed E-state index contributed by atoms with van der Waals surface area (Å²) < 4.78 is 30.1. The zero-order valence-corrected chi connectivity index (χ0v) is 9.20. The number of hydrogen-bond acceptors (Lipinski definition) is 3. The molecule has 2 N–H and O–H groups in total. The first kappa shape index (κ1) is 12.2. The lowest BCUT2D eigenvalue weighted by Gasteiger charge is -2.14. The van der Waals surface area contributed by atoms with Crippen LogP contribution >= 0.6 is 0 Å². The Morgan fingerprint density at radius 1 is 1.33 bits per heavy atom. The van der Waals surface area contributed by atoms with Gasteiger partial charge in [0.15, 0.2) is 0 Å². The Kier molecular flexibility index (Phi) is 3.92. The SMILES string of the molecule is CO[Si](O)(O)CCc1ccc(F)cc1F. The van der Waals surface area contributed by atoms with Crippen LogP contribution in [0.4, 0.5) is 8.78 Å². The van der Waals surface area contributed by atoms with Crippen molar-refractivity contribution >= 4 is 8.80 Å². The van der Waals surface area contributed by atoms with Crippen molar-refractivity contribution in [3.8, 4) is 0 Å². The van der Waals surface area contributed by atoms with Gasteiger partial charge in [0.1, 0.15) is 11.6 Å². The molecule has 1 aromatic rings. The molecule has 0 spiro atoms. The summed E-state index contributed by atoms with van der Waals surface area (Å²) in [6, 6.07) is 3.13. The van der Waals surface area contributed by atoms with E-state index in [1.165, 1.54) is 13.2 Å². The second kappa shape index (κ2) is 4.80. The van der Waals surface area contributed by atoms with E-state index in [0.29, 0.717) is 0 Å². The number of rotatable bonds is 4. The highest BCUT2D eigenvalue weighted by Crippen LogP contribution is 2.14. The van der Waals surface area contributed by atoms with Crippen molar-refractivity contribution in [1.29, 1.82) is 0 Å². The van der Waals surface area contributed by atoms with Crippen LogP contribution in [0.25, 0.3) is 0 Å². The molecule has 0 aromatic heterocycles. The van der Waals surface area contributed by atoms with E-state index in [-0.39, 0.29) is 18.0 Å². The van der Waals surface area contributed by atoms with E-state index >= 15 is 0 Å². The van der Waals surface area contributed by atoms with Crippen molar-refractivity contribution in [3.05, 3.63) is 35.4 Å². The van der Waals surface area contributed by atoms with Gasteiger partial charge in [0.25, 0.3) is 0 Å². The van der Waals surface area contributed by atoms with E-state index in [1.807, 2.05) is 0 Å². The maximum Gasteiger partial charge on any atom is 0.495 e. The molecule has 0 unspecified atom stereocenters. The third-order valence-corrected chi connectivity index (χ3v) is 3.62. The summed E-state index contributed by atoms with van der Waals surface area (Å²) >= 11 is 0. The standard InChI is InChI=1S/C9H12F2O3Si/c1-14-15(12,13)5-4-7-2-3-8(10)6-9(7)11/h2-3,6,12-13H,4-5H2,1H3. The third kappa shape index (κ3) is 3.67. The van der Waals surface area contributed by atoms with Crippen LogP contribution in [0.1, 0.15) is 5.56 Å². The lowest BCUT2D eigenvalue weighted by Crippen LogP contribution is -2.37. The molecule has 0 saturated carbocycles. The lowest BCUT2D eigenvalue weighted by atomic mass is 10.1. The highest BCUT2D eigenvalue weighted by molar-refractivity contribution is 6.57. The van der Waals surface area contributed by atoms with E-state index < -0.39 is 20.4 Å². The van der Waals surface area contributed by atoms with Crippen LogP contribution in [0.2, 0.25) is 6.04 Å². The van der Waals surface area contributed by atoms with E-state index in [4.69, 9.17) is 0 Å². The molecule has 0 saturated heterocycles. The minimum absolute atomic E-state index is 0.0496. The minimum Gasteiger partial charge on any atom is -0.390 e. The molecule has 0 fully saturated rings. The van der Waals surface area contributed by atoms with Gasteiger partial charge in [-0.1, -0.05) is 6.07 Å². The van der Waals surface area contributed by atoms with E-state index in [0.717, 1.165) is 12.1 Å². The quantitative estimate of drug-likeness (QED) is 0.766. The van der Waals surface area contributed by atoms with Crippen molar-refractivity contribution in [2.75, 3.05) is 7.11 Å². The van der Waals surface area contributed by atoms with Crippen LogP contribution in [-0.4, -0.2) is 25.5 Å². The molecule has 15 heavy (non-hydrogen) atoms. The molecular weight excluding hydrogens is 222 g/mol. The fourth-order valence-corrected chi connectivity index (χ4v) is 1.92. The molecule has 0 aliphatic carbocycles. The molecule has 3 nitrogen and oxygen atoms in total. The number of halogens is 2. The molecule has 6 heteroatoms. The van der Waals surface area contributed by atoms with Crippen LogP contribution in [0.3, 0.4) is 0 Å². The average molecular weight is 234 g/mol. The zero-order valence-electron chi connectivity index (χ0n) is 8.20. The second-order valence-corrected chi connectivity index (χ2v) is 5.58. The molecule has 0 bridgehead atoms. The molecule has 0 heterocycles. The molecule has 0 radical (unpaired) electrons. The zero-order chi connectivity index (χ0) is 11.5. The Morgan fingerprint density at radius 3 is 2.53 bits per heavy atom. The van der Waals surface area contributed by atoms with Crippen LogP contribution in [0.5, 0.6) is 0 Å². The van der Waals surface area contributed by atoms with Crippen molar-refractivity contribution in [1.82, 2.24) is 0 Å². The third-order valence-electron chi connectivity index (χ3n) is 2.06. The normalized spacial score (nSPS) is 11.8. The van der Waals surface area contributed by atoms with E-state index in [1.54, 1.807) is 0 Å². The Balaban J connectivity index is 2.66. The molecule has 1 aromatic carbocycles. The summed E-state index contributed by atoms with van der Waals surface area (Å²) in [5.74, 6) is -1.34. The monoisotopic (exact) mass is 234 g/mol. The summed E-state index contributed by atoms with van der Waals surface area (Å²) in [7, 11) is -2.47. The fraction of sp³-hybridized carbons (Fsp3) is 0.333. The first-order valence-electron chi connectivity index (χ1n) is 4.38. The largest absolute Gasteiger partial charge is 0.495 e. The highest BCUT2D eigenvalue weighted by atomic mass is 28.4. The van der Waals surface area contributed by atoms with Crippen molar-refractivity contribution in [3.63, 3.8) is 0 Å². The number of hydrogen-bond donors (Lipinski definition) is 2. The molecule has 84 valence electrons. The van der Waals surface area contributed by atoms with Crippen molar-refractivity contribution < 1.29 is 22.8 Å². The van der Waals surface area contributed by atoms with Gasteiger partial charge in [-0.2, -0.15) is 0 Å². The lowest BCUT2D eigenvalue weighted by molar-refractivity contribution is 0.184. The number of benzene rings is 1. The first-order chi connectivity index (χ1) is 6.94. The predicted octanol–water partition coefficient (Wildman–Crippen LogP) is 1.08. The molecule has 0 atom stereocenters. The summed E-state index contributed by atoms with van der Waals surface area (Å²) in [5.41, 5.74) is 0.244. The van der Waals surface area contributed by atoms with Gasteiger partial charge in [0.2, 0.25) is 0 Å². The highest BCUT2D eigenvalue weighted by Gasteiger charge is 2.30. The summed E-state index contributed by atoms with van der Waals surface area (Å²) in [4.78, 5) is 18.4. The van der Waals surface area contributed by atoms with Crippen molar-refractivity contribution in [2.24, 2.45) is 0 Å². The smallest absolute Gasteiger partial charge is 0.390 e. The topological polar surface area (TPSA) is 49.7 Å². The first-order valence-corrected chi connectivity index (χ1v) is 6.39. The van der Waals surface area contributed by atoms with E-state index in [2.05, 4.69) is 4.43 Å². The fourth-order valence-electron chi connectivity index (χ4n) is 1.12. The van der Waals surface area contributed by atoms with Crippen LogP contribution in [0.15, 0.2) is 18.2 Å². The number of aryl methyl sites for hydroxylation is 1. The van der Waals surface area contributed by atoms with Crippen LogP contribution < -0.4 is 0 Å². The van der Waals surface area contributed by atoms with E-state index in [9.17, 15) is 18.4 Å². The molecule has 0 amide bonds. The van der Waals surface area contributed by atoms with Gasteiger partial charge in [-0.05, 0) is 18.1 Å². The van der Waals surface area contributed by atoms with Gasteiger partial charge in [-0.3, -0.25) is 0 Å². The van der Waals surface area contributed by atoms with Gasteiger partial charge in [-0.25, -0.2) is 8.78 Å².